The van der Waals surface area contributed by atoms with E-state index < -0.39 is 10.0 Å². The Kier molecular flexibility index (Phi) is 4.37. The fourth-order valence-electron chi connectivity index (χ4n) is 2.50. The summed E-state index contributed by atoms with van der Waals surface area (Å²) < 4.78 is 41.8. The number of nitrogens with two attached hydrogens (primary N) is 1. The van der Waals surface area contributed by atoms with Crippen molar-refractivity contribution < 1.29 is 17.5 Å². The molecule has 2 heterocycles. The third-order valence-electron chi connectivity index (χ3n) is 3.53. The first-order chi connectivity index (χ1) is 10.8. The number of nitrogens with zero attached hydrogens (tertiary/aromatic N) is 2. The zero-order valence-electron chi connectivity index (χ0n) is 12.3. The van der Waals surface area contributed by atoms with Crippen molar-refractivity contribution in [2.24, 2.45) is 5.14 Å². The van der Waals surface area contributed by atoms with E-state index in [1.165, 1.54) is 18.3 Å². The van der Waals surface area contributed by atoms with Crippen LogP contribution in [0.1, 0.15) is 18.6 Å². The van der Waals surface area contributed by atoms with Gasteiger partial charge in [0.15, 0.2) is 9.34 Å². The van der Waals surface area contributed by atoms with Gasteiger partial charge in [0, 0.05) is 6.54 Å². The van der Waals surface area contributed by atoms with Crippen LogP contribution in [0.25, 0.3) is 0 Å². The highest BCUT2D eigenvalue weighted by Gasteiger charge is 2.29. The van der Waals surface area contributed by atoms with Gasteiger partial charge < -0.3 is 9.64 Å². The van der Waals surface area contributed by atoms with E-state index in [0.29, 0.717) is 18.2 Å². The van der Waals surface area contributed by atoms with E-state index in [-0.39, 0.29) is 22.2 Å². The first-order valence-electron chi connectivity index (χ1n) is 6.97. The smallest absolute Gasteiger partial charge is 0.249 e. The minimum atomic E-state index is -3.75. The van der Waals surface area contributed by atoms with E-state index in [4.69, 9.17) is 9.88 Å². The SMILES string of the molecule is CC1CN(c2ncc(S(N)(=O)=O)s2)CC(c2ccc(F)cc2)O1. The number of sulfonamides is 1. The molecule has 0 radical (unpaired) electrons. The number of aromatic nitrogens is 1. The summed E-state index contributed by atoms with van der Waals surface area (Å²) in [6.07, 6.45) is 0.962. The van der Waals surface area contributed by atoms with E-state index in [0.717, 1.165) is 16.9 Å². The minimum absolute atomic E-state index is 0.0324. The molecule has 1 saturated heterocycles. The Labute approximate surface area is 137 Å². The quantitative estimate of drug-likeness (QED) is 0.907. The molecule has 2 N–H and O–H groups in total. The molecular formula is C14H16FN3O3S2. The number of anilines is 1. The fourth-order valence-corrected chi connectivity index (χ4v) is 4.05. The lowest BCUT2D eigenvalue weighted by molar-refractivity contribution is -0.0174. The summed E-state index contributed by atoms with van der Waals surface area (Å²) in [5.41, 5.74) is 0.867. The van der Waals surface area contributed by atoms with Gasteiger partial charge in [-0.1, -0.05) is 23.5 Å². The molecule has 0 amide bonds. The monoisotopic (exact) mass is 357 g/mol. The number of hydrogen-bond acceptors (Lipinski definition) is 6. The lowest BCUT2D eigenvalue weighted by atomic mass is 10.1. The van der Waals surface area contributed by atoms with Crippen LogP contribution in [0.15, 0.2) is 34.7 Å². The number of thiazole rings is 1. The van der Waals surface area contributed by atoms with E-state index in [2.05, 4.69) is 4.98 Å². The number of ether oxygens (including phenoxy) is 1. The highest BCUT2D eigenvalue weighted by atomic mass is 32.2. The molecule has 0 aliphatic carbocycles. The number of benzene rings is 1. The molecule has 6 nitrogen and oxygen atoms in total. The third kappa shape index (κ3) is 3.69. The molecule has 1 aromatic carbocycles. The largest absolute Gasteiger partial charge is 0.367 e. The molecule has 2 atom stereocenters. The normalized spacial score (nSPS) is 22.3. The molecule has 0 spiro atoms. The van der Waals surface area contributed by atoms with Crippen molar-refractivity contribution in [3.05, 3.63) is 41.8 Å². The van der Waals surface area contributed by atoms with Crippen molar-refractivity contribution in [3.63, 3.8) is 0 Å². The van der Waals surface area contributed by atoms with Crippen LogP contribution in [-0.2, 0) is 14.8 Å². The van der Waals surface area contributed by atoms with Crippen LogP contribution in [0.5, 0.6) is 0 Å². The van der Waals surface area contributed by atoms with Crippen molar-refractivity contribution in [1.29, 1.82) is 0 Å². The van der Waals surface area contributed by atoms with E-state index in [1.807, 2.05) is 11.8 Å². The Morgan fingerprint density at radius 2 is 2.04 bits per heavy atom. The van der Waals surface area contributed by atoms with Gasteiger partial charge in [0.25, 0.3) is 0 Å². The molecular weight excluding hydrogens is 341 g/mol. The summed E-state index contributed by atoms with van der Waals surface area (Å²) >= 11 is 1.03. The van der Waals surface area contributed by atoms with Gasteiger partial charge in [-0.3, -0.25) is 0 Å². The summed E-state index contributed by atoms with van der Waals surface area (Å²) in [4.78, 5) is 6.11. The molecule has 0 saturated carbocycles. The Morgan fingerprint density at radius 1 is 1.35 bits per heavy atom. The molecule has 23 heavy (non-hydrogen) atoms. The van der Waals surface area contributed by atoms with Gasteiger partial charge in [-0.15, -0.1) is 0 Å². The molecule has 1 aromatic heterocycles. The molecule has 9 heteroatoms. The summed E-state index contributed by atoms with van der Waals surface area (Å²) in [5, 5.41) is 5.70. The molecule has 1 aliphatic heterocycles. The maximum Gasteiger partial charge on any atom is 0.249 e. The van der Waals surface area contributed by atoms with E-state index in [1.54, 1.807) is 12.1 Å². The standard InChI is InChI=1S/C14H16FN3O3S2/c1-9-7-18(14-17-6-13(22-14)23(16,19)20)8-12(21-9)10-2-4-11(15)5-3-10/h2-6,9,12H,7-8H2,1H3,(H2,16,19,20). The first kappa shape index (κ1) is 16.3. The first-order valence-corrected chi connectivity index (χ1v) is 9.34. The van der Waals surface area contributed by atoms with Gasteiger partial charge in [-0.05, 0) is 24.6 Å². The molecule has 0 bridgehead atoms. The van der Waals surface area contributed by atoms with Crippen molar-refractivity contribution in [2.75, 3.05) is 18.0 Å². The van der Waals surface area contributed by atoms with Crippen LogP contribution in [0.4, 0.5) is 9.52 Å². The third-order valence-corrected chi connectivity index (χ3v) is 5.99. The number of morpholine rings is 1. The number of halogens is 1. The summed E-state index contributed by atoms with van der Waals surface area (Å²) in [6.45, 7) is 3.03. The maximum absolute atomic E-state index is 13.1. The highest BCUT2D eigenvalue weighted by molar-refractivity contribution is 7.91. The van der Waals surface area contributed by atoms with Gasteiger partial charge in [0.05, 0.1) is 18.8 Å². The Hall–Kier alpha value is -1.55. The highest BCUT2D eigenvalue weighted by Crippen LogP contribution is 2.32. The average molecular weight is 357 g/mol. The van der Waals surface area contributed by atoms with Gasteiger partial charge in [0.1, 0.15) is 11.9 Å². The second kappa shape index (κ2) is 6.16. The van der Waals surface area contributed by atoms with E-state index >= 15 is 0 Å². The molecule has 124 valence electrons. The Balaban J connectivity index is 1.83. The average Bonchev–Trinajstić information content (AvgIpc) is 2.97. The zero-order valence-corrected chi connectivity index (χ0v) is 14.0. The van der Waals surface area contributed by atoms with Crippen molar-refractivity contribution in [1.82, 2.24) is 4.98 Å². The number of hydrogen-bond donors (Lipinski definition) is 1. The lowest BCUT2D eigenvalue weighted by Gasteiger charge is -2.36. The van der Waals surface area contributed by atoms with Crippen LogP contribution >= 0.6 is 11.3 Å². The van der Waals surface area contributed by atoms with Crippen molar-refractivity contribution in [3.8, 4) is 0 Å². The molecule has 1 fully saturated rings. The number of rotatable bonds is 3. The van der Waals surface area contributed by atoms with Gasteiger partial charge in [-0.2, -0.15) is 0 Å². The molecule has 1 aliphatic rings. The van der Waals surface area contributed by atoms with Crippen molar-refractivity contribution in [2.45, 2.75) is 23.3 Å². The maximum atomic E-state index is 13.1. The van der Waals surface area contributed by atoms with Gasteiger partial charge >= 0.3 is 0 Å². The van der Waals surface area contributed by atoms with Crippen LogP contribution in [0.2, 0.25) is 0 Å². The second-order valence-corrected chi connectivity index (χ2v) is 8.20. The minimum Gasteiger partial charge on any atom is -0.367 e. The Morgan fingerprint density at radius 3 is 2.65 bits per heavy atom. The summed E-state index contributed by atoms with van der Waals surface area (Å²) in [5.74, 6) is -0.299. The van der Waals surface area contributed by atoms with Gasteiger partial charge in [0.2, 0.25) is 10.0 Å². The molecule has 2 unspecified atom stereocenters. The summed E-state index contributed by atoms with van der Waals surface area (Å²) in [7, 11) is -3.75. The van der Waals surface area contributed by atoms with Crippen LogP contribution < -0.4 is 10.0 Å². The van der Waals surface area contributed by atoms with Crippen LogP contribution in [-0.4, -0.2) is 32.6 Å². The lowest BCUT2D eigenvalue weighted by Crippen LogP contribution is -2.42. The van der Waals surface area contributed by atoms with E-state index in [9.17, 15) is 12.8 Å². The predicted molar refractivity (Wildman–Crippen MR) is 85.4 cm³/mol. The topological polar surface area (TPSA) is 85.5 Å². The zero-order chi connectivity index (χ0) is 16.6. The molecule has 2 aromatic rings. The predicted octanol–water partition coefficient (Wildman–Crippen LogP) is 1.90. The van der Waals surface area contributed by atoms with Crippen LogP contribution in [0, 0.1) is 5.82 Å². The van der Waals surface area contributed by atoms with Crippen molar-refractivity contribution >= 4 is 26.5 Å². The summed E-state index contributed by atoms with van der Waals surface area (Å²) in [6, 6.07) is 6.16. The van der Waals surface area contributed by atoms with Crippen LogP contribution in [0.3, 0.4) is 0 Å². The fraction of sp³-hybridized carbons (Fsp3) is 0.357. The molecule has 3 rings (SSSR count). The second-order valence-electron chi connectivity index (χ2n) is 5.40. The van der Waals surface area contributed by atoms with Gasteiger partial charge in [-0.25, -0.2) is 22.9 Å². The Bertz CT molecular complexity index is 792. The number of primary sulfonamides is 1.